The van der Waals surface area contributed by atoms with Crippen LogP contribution in [0.15, 0.2) is 24.3 Å². The molecule has 7 heteroatoms. The van der Waals surface area contributed by atoms with Crippen molar-refractivity contribution in [2.45, 2.75) is 32.4 Å². The van der Waals surface area contributed by atoms with Crippen LogP contribution in [0.1, 0.15) is 31.9 Å². The van der Waals surface area contributed by atoms with Crippen molar-refractivity contribution in [3.05, 3.63) is 34.9 Å². The van der Waals surface area contributed by atoms with Crippen LogP contribution in [-0.4, -0.2) is 42.9 Å². The summed E-state index contributed by atoms with van der Waals surface area (Å²) in [5.74, 6) is -1.38. The molecule has 0 aliphatic heterocycles. The molecule has 0 heterocycles. The van der Waals surface area contributed by atoms with E-state index in [1.165, 1.54) is 0 Å². The Morgan fingerprint density at radius 1 is 1.26 bits per heavy atom. The first kappa shape index (κ1) is 19.4. The second-order valence-corrected chi connectivity index (χ2v) is 5.36. The van der Waals surface area contributed by atoms with Gasteiger partial charge in [0, 0.05) is 11.6 Å². The van der Waals surface area contributed by atoms with E-state index in [4.69, 9.17) is 26.2 Å². The summed E-state index contributed by atoms with van der Waals surface area (Å²) in [6.07, 6.45) is -0.918. The molecule has 2 N–H and O–H groups in total. The van der Waals surface area contributed by atoms with E-state index in [1.807, 2.05) is 6.92 Å². The summed E-state index contributed by atoms with van der Waals surface area (Å²) in [4.78, 5) is 23.2. The third-order valence-corrected chi connectivity index (χ3v) is 3.39. The van der Waals surface area contributed by atoms with Crippen LogP contribution in [0, 0.1) is 0 Å². The van der Waals surface area contributed by atoms with Crippen LogP contribution < -0.4 is 5.32 Å². The Hall–Kier alpha value is -1.63. The van der Waals surface area contributed by atoms with Gasteiger partial charge < -0.3 is 19.9 Å². The van der Waals surface area contributed by atoms with Crippen molar-refractivity contribution < 1.29 is 24.2 Å². The Morgan fingerprint density at radius 3 is 2.48 bits per heavy atom. The first-order valence-corrected chi connectivity index (χ1v) is 7.78. The van der Waals surface area contributed by atoms with Crippen LogP contribution in [0.3, 0.4) is 0 Å². The van der Waals surface area contributed by atoms with Gasteiger partial charge in [-0.3, -0.25) is 9.59 Å². The highest BCUT2D eigenvalue weighted by Gasteiger charge is 2.21. The van der Waals surface area contributed by atoms with Crippen LogP contribution in [0.5, 0.6) is 0 Å². The van der Waals surface area contributed by atoms with E-state index in [2.05, 4.69) is 5.32 Å². The molecule has 0 saturated heterocycles. The van der Waals surface area contributed by atoms with E-state index in [9.17, 15) is 9.59 Å². The number of carbonyl (C=O) groups is 2. The summed E-state index contributed by atoms with van der Waals surface area (Å²) in [6, 6.07) is 6.04. The molecule has 1 unspecified atom stereocenters. The molecule has 0 fully saturated rings. The van der Waals surface area contributed by atoms with Crippen LogP contribution >= 0.6 is 11.6 Å². The summed E-state index contributed by atoms with van der Waals surface area (Å²) >= 11 is 5.83. The molecule has 0 aromatic heterocycles. The molecule has 1 rings (SSSR count). The molecule has 1 amide bonds. The second kappa shape index (κ2) is 10.2. The summed E-state index contributed by atoms with van der Waals surface area (Å²) < 4.78 is 10.5. The lowest BCUT2D eigenvalue weighted by molar-refractivity contribution is -0.138. The number of carboxylic acids is 1. The zero-order valence-electron chi connectivity index (χ0n) is 13.3. The molecule has 0 radical (unpaired) electrons. The van der Waals surface area contributed by atoms with E-state index in [1.54, 1.807) is 31.2 Å². The molecule has 1 aromatic rings. The van der Waals surface area contributed by atoms with Gasteiger partial charge in [-0.1, -0.05) is 23.7 Å². The first-order chi connectivity index (χ1) is 10.9. The fourth-order valence-corrected chi connectivity index (χ4v) is 2.04. The molecular weight excluding hydrogens is 322 g/mol. The average Bonchev–Trinajstić information content (AvgIpc) is 2.51. The molecule has 2 atom stereocenters. The van der Waals surface area contributed by atoms with Crippen LogP contribution in [0.25, 0.3) is 0 Å². The third-order valence-electron chi connectivity index (χ3n) is 3.14. The summed E-state index contributed by atoms with van der Waals surface area (Å²) in [6.45, 7) is 4.78. The zero-order valence-corrected chi connectivity index (χ0v) is 14.0. The highest BCUT2D eigenvalue weighted by Crippen LogP contribution is 2.19. The van der Waals surface area contributed by atoms with Gasteiger partial charge in [0.15, 0.2) is 0 Å². The van der Waals surface area contributed by atoms with Crippen LogP contribution in [0.4, 0.5) is 0 Å². The highest BCUT2D eigenvalue weighted by atomic mass is 35.5. The topological polar surface area (TPSA) is 84.9 Å². The van der Waals surface area contributed by atoms with Gasteiger partial charge in [-0.25, -0.2) is 0 Å². The van der Waals surface area contributed by atoms with Gasteiger partial charge in [0.05, 0.1) is 25.7 Å². The van der Waals surface area contributed by atoms with Crippen molar-refractivity contribution in [2.24, 2.45) is 0 Å². The Kier molecular flexibility index (Phi) is 8.61. The molecule has 128 valence electrons. The minimum atomic E-state index is -1.00. The summed E-state index contributed by atoms with van der Waals surface area (Å²) in [7, 11) is 0. The van der Waals surface area contributed by atoms with Crippen molar-refractivity contribution >= 4 is 23.5 Å². The Morgan fingerprint density at radius 2 is 1.91 bits per heavy atom. The molecule has 0 spiro atoms. The Bertz CT molecular complexity index is 506. The van der Waals surface area contributed by atoms with Crippen LogP contribution in [0.2, 0.25) is 5.02 Å². The predicted octanol–water partition coefficient (Wildman–Crippen LogP) is 2.41. The van der Waals surface area contributed by atoms with Crippen molar-refractivity contribution in [3.8, 4) is 0 Å². The van der Waals surface area contributed by atoms with Crippen molar-refractivity contribution in [1.82, 2.24) is 5.32 Å². The summed E-state index contributed by atoms with van der Waals surface area (Å²) in [5, 5.41) is 12.3. The maximum absolute atomic E-state index is 12.1. The van der Waals surface area contributed by atoms with Crippen molar-refractivity contribution in [3.63, 3.8) is 0 Å². The Balaban J connectivity index is 2.63. The lowest BCUT2D eigenvalue weighted by atomic mass is 10.0. The van der Waals surface area contributed by atoms with Gasteiger partial charge in [0.1, 0.15) is 6.10 Å². The number of ether oxygens (including phenoxy) is 2. The second-order valence-electron chi connectivity index (χ2n) is 4.92. The minimum absolute atomic E-state index is 0.223. The smallest absolute Gasteiger partial charge is 0.305 e. The fourth-order valence-electron chi connectivity index (χ4n) is 1.91. The number of carbonyl (C=O) groups excluding carboxylic acids is 1. The van der Waals surface area contributed by atoms with E-state index in [-0.39, 0.29) is 12.3 Å². The fraction of sp³-hybridized carbons (Fsp3) is 0.500. The maximum Gasteiger partial charge on any atom is 0.305 e. The monoisotopic (exact) mass is 343 g/mol. The predicted molar refractivity (Wildman–Crippen MR) is 86.5 cm³/mol. The average molecular weight is 344 g/mol. The lowest BCUT2D eigenvalue weighted by Crippen LogP contribution is -2.38. The molecule has 0 aliphatic rings. The van der Waals surface area contributed by atoms with E-state index in [0.717, 1.165) is 0 Å². The normalized spacial score (nSPS) is 13.3. The maximum atomic E-state index is 12.1. The van der Waals surface area contributed by atoms with Gasteiger partial charge >= 0.3 is 5.97 Å². The number of halogens is 1. The van der Waals surface area contributed by atoms with Gasteiger partial charge in [-0.2, -0.15) is 0 Å². The standard InChI is InChI=1S/C16H22ClNO5/c1-3-22-8-9-23-11(2)16(21)18-14(10-15(19)20)12-4-6-13(17)7-5-12/h4-7,11,14H,3,8-10H2,1-2H3,(H,18,21)(H,19,20)/t11?,14-/m0/s1. The largest absolute Gasteiger partial charge is 0.481 e. The molecule has 0 bridgehead atoms. The number of nitrogens with one attached hydrogen (secondary N) is 1. The lowest BCUT2D eigenvalue weighted by Gasteiger charge is -2.20. The minimum Gasteiger partial charge on any atom is -0.481 e. The van der Waals surface area contributed by atoms with Gasteiger partial charge in [0.25, 0.3) is 0 Å². The van der Waals surface area contributed by atoms with Crippen molar-refractivity contribution in [1.29, 1.82) is 0 Å². The SMILES string of the molecule is CCOCCOC(C)C(=O)N[C@@H](CC(=O)O)c1ccc(Cl)cc1. The number of hydrogen-bond donors (Lipinski definition) is 2. The zero-order chi connectivity index (χ0) is 17.2. The number of hydrogen-bond acceptors (Lipinski definition) is 4. The molecule has 6 nitrogen and oxygen atoms in total. The molecule has 23 heavy (non-hydrogen) atoms. The Labute approximate surface area is 140 Å². The molecule has 1 aromatic carbocycles. The quantitative estimate of drug-likeness (QED) is 0.637. The van der Waals surface area contributed by atoms with Crippen molar-refractivity contribution in [2.75, 3.05) is 19.8 Å². The van der Waals surface area contributed by atoms with Crippen LogP contribution in [-0.2, 0) is 19.1 Å². The number of amides is 1. The summed E-state index contributed by atoms with van der Waals surface area (Å²) in [5.41, 5.74) is 0.673. The van der Waals surface area contributed by atoms with Gasteiger partial charge in [-0.05, 0) is 31.5 Å². The molecule has 0 saturated carbocycles. The van der Waals surface area contributed by atoms with E-state index in [0.29, 0.717) is 30.4 Å². The molecule has 0 aliphatic carbocycles. The van der Waals surface area contributed by atoms with E-state index < -0.39 is 18.1 Å². The number of benzene rings is 1. The number of aliphatic carboxylic acids is 1. The number of rotatable bonds is 10. The van der Waals surface area contributed by atoms with E-state index >= 15 is 0 Å². The third kappa shape index (κ3) is 7.45. The van der Waals surface area contributed by atoms with Gasteiger partial charge in [0.2, 0.25) is 5.91 Å². The number of carboxylic acid groups (broad SMARTS) is 1. The highest BCUT2D eigenvalue weighted by molar-refractivity contribution is 6.30. The van der Waals surface area contributed by atoms with Gasteiger partial charge in [-0.15, -0.1) is 0 Å². The first-order valence-electron chi connectivity index (χ1n) is 7.41. The molecular formula is C16H22ClNO5.